The smallest absolute Gasteiger partial charge is 0.356 e. The Morgan fingerprint density at radius 1 is 1.17 bits per heavy atom. The maximum absolute atomic E-state index is 14.3. The van der Waals surface area contributed by atoms with Crippen LogP contribution >= 0.6 is 0 Å². The summed E-state index contributed by atoms with van der Waals surface area (Å²) < 4.78 is 44.6. The van der Waals surface area contributed by atoms with E-state index in [0.29, 0.717) is 5.56 Å². The molecule has 0 N–H and O–H groups in total. The first-order chi connectivity index (χ1) is 10.9. The molecule has 0 aromatic heterocycles. The molecule has 0 fully saturated rings. The zero-order valence-electron chi connectivity index (χ0n) is 12.7. The lowest BCUT2D eigenvalue weighted by Gasteiger charge is -2.18. The van der Waals surface area contributed by atoms with Gasteiger partial charge in [0, 0.05) is 16.7 Å². The first-order valence-corrected chi connectivity index (χ1v) is 8.30. The third-order valence-electron chi connectivity index (χ3n) is 3.51. The molecule has 2 atom stereocenters. The monoisotopic (exact) mass is 338 g/mol. The van der Waals surface area contributed by atoms with Gasteiger partial charge in [0.1, 0.15) is 16.9 Å². The van der Waals surface area contributed by atoms with Crippen molar-refractivity contribution in [1.82, 2.24) is 0 Å². The van der Waals surface area contributed by atoms with Crippen LogP contribution in [0, 0.1) is 11.6 Å². The van der Waals surface area contributed by atoms with Gasteiger partial charge < -0.3 is 9.29 Å². The Hall–Kier alpha value is -1.92. The fourth-order valence-corrected chi connectivity index (χ4v) is 3.18. The van der Waals surface area contributed by atoms with E-state index >= 15 is 0 Å². The van der Waals surface area contributed by atoms with Crippen LogP contribution < -0.4 is 0 Å². The van der Waals surface area contributed by atoms with Crippen molar-refractivity contribution >= 4 is 17.1 Å². The predicted octanol–water partition coefficient (Wildman–Crippen LogP) is 3.61. The highest BCUT2D eigenvalue weighted by molar-refractivity contribution is 7.92. The normalized spacial score (nSPS) is 13.4. The highest BCUT2D eigenvalue weighted by atomic mass is 32.2. The number of hydrogen-bond donors (Lipinski definition) is 0. The van der Waals surface area contributed by atoms with Crippen LogP contribution in [0.3, 0.4) is 0 Å². The minimum Gasteiger partial charge on any atom is -0.615 e. The molecule has 2 unspecified atom stereocenters. The van der Waals surface area contributed by atoms with Crippen molar-refractivity contribution in [2.24, 2.45) is 0 Å². The largest absolute Gasteiger partial charge is 0.615 e. The van der Waals surface area contributed by atoms with Gasteiger partial charge >= 0.3 is 5.97 Å². The molecule has 0 radical (unpaired) electrons. The van der Waals surface area contributed by atoms with Crippen molar-refractivity contribution < 1.29 is 22.9 Å². The average Bonchev–Trinajstić information content (AvgIpc) is 2.54. The fourth-order valence-electron chi connectivity index (χ4n) is 2.13. The zero-order valence-corrected chi connectivity index (χ0v) is 13.5. The summed E-state index contributed by atoms with van der Waals surface area (Å²) in [4.78, 5) is 11.2. The summed E-state index contributed by atoms with van der Waals surface area (Å²) in [5, 5.41) is -0.543. The van der Waals surface area contributed by atoms with Gasteiger partial charge in [-0.15, -0.1) is 0 Å². The minimum atomic E-state index is -1.52. The maximum atomic E-state index is 14.3. The number of ether oxygens (including phenoxy) is 1. The van der Waals surface area contributed by atoms with E-state index in [1.165, 1.54) is 37.4 Å². The lowest BCUT2D eigenvalue weighted by atomic mass is 10.0. The van der Waals surface area contributed by atoms with E-state index in [1.807, 2.05) is 0 Å². The van der Waals surface area contributed by atoms with Gasteiger partial charge in [-0.2, -0.15) is 0 Å². The molecule has 23 heavy (non-hydrogen) atoms. The Morgan fingerprint density at radius 2 is 1.83 bits per heavy atom. The van der Waals surface area contributed by atoms with Crippen molar-refractivity contribution in [3.8, 4) is 11.1 Å². The molecular formula is C17H16F2O3S. The standard InChI is InChI=1S/C17H16F2O3S/c1-11(23(21)10-17(20)22-2)12-7-8-14(16(19)9-12)13-5-3-4-6-15(13)18/h3-9,11H,10H2,1-2H3. The molecular weight excluding hydrogens is 322 g/mol. The molecule has 0 bridgehead atoms. The second-order valence-electron chi connectivity index (χ2n) is 4.96. The van der Waals surface area contributed by atoms with E-state index in [4.69, 9.17) is 0 Å². The van der Waals surface area contributed by atoms with Gasteiger partial charge in [-0.25, -0.2) is 13.6 Å². The molecule has 2 aromatic carbocycles. The van der Waals surface area contributed by atoms with Crippen LogP contribution in [0.5, 0.6) is 0 Å². The quantitative estimate of drug-likeness (QED) is 0.618. The van der Waals surface area contributed by atoms with Gasteiger partial charge in [-0.3, -0.25) is 0 Å². The fraction of sp³-hybridized carbons (Fsp3) is 0.235. The van der Waals surface area contributed by atoms with Crippen molar-refractivity contribution in [1.29, 1.82) is 0 Å². The Labute approximate surface area is 136 Å². The van der Waals surface area contributed by atoms with Crippen molar-refractivity contribution in [3.05, 3.63) is 59.7 Å². The van der Waals surface area contributed by atoms with Crippen molar-refractivity contribution in [2.45, 2.75) is 12.2 Å². The molecule has 0 spiro atoms. The Kier molecular flexibility index (Phi) is 5.74. The van der Waals surface area contributed by atoms with Crippen LogP contribution in [-0.4, -0.2) is 23.4 Å². The maximum Gasteiger partial charge on any atom is 0.356 e. The van der Waals surface area contributed by atoms with Crippen LogP contribution in [0.25, 0.3) is 11.1 Å². The van der Waals surface area contributed by atoms with Crippen molar-refractivity contribution in [2.75, 3.05) is 12.9 Å². The van der Waals surface area contributed by atoms with Gasteiger partial charge in [0.05, 0.1) is 7.11 Å². The number of halogens is 2. The Bertz CT molecular complexity index is 706. The van der Waals surface area contributed by atoms with E-state index in [2.05, 4.69) is 4.74 Å². The molecule has 0 aliphatic heterocycles. The Balaban J connectivity index is 2.25. The van der Waals surface area contributed by atoms with Crippen LogP contribution in [0.2, 0.25) is 0 Å². The van der Waals surface area contributed by atoms with Gasteiger partial charge in [0.2, 0.25) is 5.75 Å². The summed E-state index contributed by atoms with van der Waals surface area (Å²) >= 11 is -1.52. The molecule has 2 aromatic rings. The van der Waals surface area contributed by atoms with Crippen LogP contribution in [0.1, 0.15) is 17.7 Å². The molecule has 0 heterocycles. The van der Waals surface area contributed by atoms with E-state index in [1.54, 1.807) is 19.1 Å². The summed E-state index contributed by atoms with van der Waals surface area (Å²) in [5.41, 5.74) is 0.780. The highest BCUT2D eigenvalue weighted by Crippen LogP contribution is 2.30. The summed E-state index contributed by atoms with van der Waals surface area (Å²) in [6.45, 7) is 1.64. The van der Waals surface area contributed by atoms with Crippen LogP contribution in [0.4, 0.5) is 8.78 Å². The molecule has 6 heteroatoms. The second kappa shape index (κ2) is 7.57. The van der Waals surface area contributed by atoms with E-state index < -0.39 is 34.0 Å². The SMILES string of the molecule is COC(=O)C[S+]([O-])C(C)c1ccc(-c2ccccc2F)c(F)c1. The van der Waals surface area contributed by atoms with E-state index in [9.17, 15) is 18.1 Å². The van der Waals surface area contributed by atoms with Gasteiger partial charge in [0.15, 0.2) is 0 Å². The summed E-state index contributed by atoms with van der Waals surface area (Å²) in [5.74, 6) is -1.96. The van der Waals surface area contributed by atoms with Gasteiger partial charge in [-0.05, 0) is 30.2 Å². The Morgan fingerprint density at radius 3 is 2.43 bits per heavy atom. The topological polar surface area (TPSA) is 49.4 Å². The summed E-state index contributed by atoms with van der Waals surface area (Å²) in [7, 11) is 1.22. The number of esters is 1. The molecule has 2 rings (SSSR count). The number of carbonyl (C=O) groups is 1. The number of methoxy groups -OCH3 is 1. The second-order valence-corrected chi connectivity index (χ2v) is 6.72. The molecule has 122 valence electrons. The lowest BCUT2D eigenvalue weighted by Crippen LogP contribution is -2.21. The van der Waals surface area contributed by atoms with Crippen LogP contribution in [-0.2, 0) is 20.7 Å². The number of rotatable bonds is 5. The van der Waals surface area contributed by atoms with Gasteiger partial charge in [0.25, 0.3) is 0 Å². The summed E-state index contributed by atoms with van der Waals surface area (Å²) in [6.07, 6.45) is 0. The van der Waals surface area contributed by atoms with E-state index in [-0.39, 0.29) is 16.9 Å². The average molecular weight is 338 g/mol. The highest BCUT2D eigenvalue weighted by Gasteiger charge is 2.24. The molecule has 0 aliphatic carbocycles. The molecule has 0 amide bonds. The minimum absolute atomic E-state index is 0.137. The first-order valence-electron chi connectivity index (χ1n) is 6.92. The molecule has 3 nitrogen and oxygen atoms in total. The third-order valence-corrected chi connectivity index (χ3v) is 5.09. The number of benzene rings is 2. The first kappa shape index (κ1) is 17.4. The van der Waals surface area contributed by atoms with E-state index in [0.717, 1.165) is 0 Å². The molecule has 0 aliphatic rings. The predicted molar refractivity (Wildman–Crippen MR) is 85.2 cm³/mol. The van der Waals surface area contributed by atoms with Crippen molar-refractivity contribution in [3.63, 3.8) is 0 Å². The number of carbonyl (C=O) groups excluding carboxylic acids is 1. The van der Waals surface area contributed by atoms with Gasteiger partial charge in [-0.1, -0.05) is 30.3 Å². The molecule has 0 saturated heterocycles. The summed E-state index contributed by atoms with van der Waals surface area (Å²) in [6, 6.07) is 10.2. The third kappa shape index (κ3) is 4.09. The number of hydrogen-bond acceptors (Lipinski definition) is 3. The zero-order chi connectivity index (χ0) is 17.0. The van der Waals surface area contributed by atoms with Crippen LogP contribution in [0.15, 0.2) is 42.5 Å². The lowest BCUT2D eigenvalue weighted by molar-refractivity contribution is -0.137. The molecule has 0 saturated carbocycles.